The molecule has 0 radical (unpaired) electrons. The molecule has 0 aromatic heterocycles. The van der Waals surface area contributed by atoms with Gasteiger partial charge in [-0.1, -0.05) is 11.6 Å². The van der Waals surface area contributed by atoms with Crippen LogP contribution >= 0.6 is 7.29 Å². The van der Waals surface area contributed by atoms with Crippen LogP contribution in [-0.4, -0.2) is 31.1 Å². The fraction of sp³-hybridized carbons (Fsp3) is 0.714. The molecule has 2 nitrogen and oxygen atoms in total. The van der Waals surface area contributed by atoms with Crippen LogP contribution in [0, 0.1) is 0 Å². The summed E-state index contributed by atoms with van der Waals surface area (Å²) >= 11 is 0. The summed E-state index contributed by atoms with van der Waals surface area (Å²) in [5.41, 5.74) is 1.34. The minimum atomic E-state index is -1.97. The van der Waals surface area contributed by atoms with Crippen LogP contribution in [0.2, 0.25) is 0 Å². The Morgan fingerprint density at radius 2 is 2.20 bits per heavy atom. The Hall–Kier alpha value is -0.0700. The Morgan fingerprint density at radius 3 is 2.40 bits per heavy atom. The second-order valence-electron chi connectivity index (χ2n) is 3.19. The average Bonchev–Trinajstić information content (AvgIpc) is 2.11. The van der Waals surface area contributed by atoms with Crippen molar-refractivity contribution in [2.45, 2.75) is 6.92 Å². The molecule has 3 heteroatoms. The van der Waals surface area contributed by atoms with Crippen LogP contribution in [0.25, 0.3) is 0 Å². The van der Waals surface area contributed by atoms with E-state index >= 15 is 0 Å². The maximum Gasteiger partial charge on any atom is 0.145 e. The highest BCUT2D eigenvalue weighted by atomic mass is 31.2. The van der Waals surface area contributed by atoms with E-state index < -0.39 is 7.29 Å². The largest absolute Gasteiger partial charge is 0.307 e. The zero-order chi connectivity index (χ0) is 7.78. The topological polar surface area (TPSA) is 20.3 Å². The summed E-state index contributed by atoms with van der Waals surface area (Å²) in [6.45, 7) is 7.48. The summed E-state index contributed by atoms with van der Waals surface area (Å²) in [5, 5.41) is 0. The third kappa shape index (κ3) is 1.71. The minimum absolute atomic E-state index is 0.871. The van der Waals surface area contributed by atoms with Crippen LogP contribution in [0.3, 0.4) is 0 Å². The van der Waals surface area contributed by atoms with Crippen molar-refractivity contribution in [2.75, 3.05) is 26.4 Å². The van der Waals surface area contributed by atoms with E-state index in [1.165, 1.54) is 5.57 Å². The van der Waals surface area contributed by atoms with E-state index in [9.17, 15) is 4.57 Å². The van der Waals surface area contributed by atoms with E-state index in [4.69, 9.17) is 0 Å². The molecule has 0 unspecified atom stereocenters. The lowest BCUT2D eigenvalue weighted by Crippen LogP contribution is -2.15. The highest BCUT2D eigenvalue weighted by Crippen LogP contribution is 2.42. The first-order valence-corrected chi connectivity index (χ1v) is 6.01. The first kappa shape index (κ1) is 8.03. The van der Waals surface area contributed by atoms with Crippen LogP contribution in [0.15, 0.2) is 11.6 Å². The highest BCUT2D eigenvalue weighted by Gasteiger charge is 2.21. The van der Waals surface area contributed by atoms with Gasteiger partial charge in [-0.25, -0.2) is 4.67 Å². The predicted molar refractivity (Wildman–Crippen MR) is 44.8 cm³/mol. The van der Waals surface area contributed by atoms with Crippen LogP contribution in [-0.2, 0) is 4.57 Å². The molecular weight excluding hydrogens is 145 g/mol. The summed E-state index contributed by atoms with van der Waals surface area (Å²) in [7, 11) is -1.97. The van der Waals surface area contributed by atoms with E-state index in [0.717, 1.165) is 13.1 Å². The fourth-order valence-corrected chi connectivity index (χ4v) is 2.08. The van der Waals surface area contributed by atoms with Crippen LogP contribution in [0.4, 0.5) is 0 Å². The molecule has 0 bridgehead atoms. The Bertz CT molecular complexity index is 204. The van der Waals surface area contributed by atoms with Crippen molar-refractivity contribution in [1.82, 2.24) is 4.67 Å². The molecule has 1 aliphatic rings. The van der Waals surface area contributed by atoms with Crippen LogP contribution in [0.5, 0.6) is 0 Å². The van der Waals surface area contributed by atoms with Crippen molar-refractivity contribution in [3.8, 4) is 0 Å². The van der Waals surface area contributed by atoms with Gasteiger partial charge in [0.2, 0.25) is 0 Å². The molecule has 0 aromatic carbocycles. The molecule has 10 heavy (non-hydrogen) atoms. The molecule has 58 valence electrons. The minimum Gasteiger partial charge on any atom is -0.307 e. The molecular formula is C7H14NOP. The van der Waals surface area contributed by atoms with Gasteiger partial charge in [0.1, 0.15) is 7.29 Å². The Kier molecular flexibility index (Phi) is 2.02. The number of rotatable bonds is 1. The van der Waals surface area contributed by atoms with Crippen molar-refractivity contribution in [1.29, 1.82) is 0 Å². The molecule has 0 saturated heterocycles. The fourth-order valence-electron chi connectivity index (χ4n) is 1.05. The highest BCUT2D eigenvalue weighted by molar-refractivity contribution is 7.59. The number of hydrogen-bond acceptors (Lipinski definition) is 1. The molecule has 0 spiro atoms. The maximum absolute atomic E-state index is 11.5. The van der Waals surface area contributed by atoms with Crippen LogP contribution < -0.4 is 0 Å². The molecule has 1 rings (SSSR count). The van der Waals surface area contributed by atoms with Gasteiger partial charge in [0.15, 0.2) is 0 Å². The molecule has 0 N–H and O–H groups in total. The second kappa shape index (κ2) is 2.52. The van der Waals surface area contributed by atoms with Gasteiger partial charge >= 0.3 is 0 Å². The third-order valence-corrected chi connectivity index (χ3v) is 3.43. The smallest absolute Gasteiger partial charge is 0.145 e. The van der Waals surface area contributed by atoms with E-state index in [2.05, 4.69) is 13.0 Å². The molecule has 0 aromatic rings. The van der Waals surface area contributed by atoms with E-state index in [1.807, 2.05) is 18.0 Å². The van der Waals surface area contributed by atoms with Gasteiger partial charge in [0.25, 0.3) is 0 Å². The molecule has 0 fully saturated rings. The molecule has 0 aliphatic carbocycles. The van der Waals surface area contributed by atoms with Crippen molar-refractivity contribution >= 4 is 7.29 Å². The summed E-state index contributed by atoms with van der Waals surface area (Å²) in [6.07, 6.45) is 2.14. The first-order chi connectivity index (χ1) is 4.50. The molecule has 1 heterocycles. The molecule has 0 saturated carbocycles. The molecule has 0 atom stereocenters. The number of hydrogen-bond donors (Lipinski definition) is 0. The quantitative estimate of drug-likeness (QED) is 0.429. The number of nitrogens with zero attached hydrogens (tertiary/aromatic N) is 1. The van der Waals surface area contributed by atoms with Gasteiger partial charge in [-0.3, -0.25) is 0 Å². The SMILES string of the molecule is CC1=CCN(P(C)(C)=O)C1. The predicted octanol–water partition coefficient (Wildman–Crippen LogP) is 1.79. The average molecular weight is 159 g/mol. The summed E-state index contributed by atoms with van der Waals surface area (Å²) in [5.74, 6) is 0. The van der Waals surface area contributed by atoms with Gasteiger partial charge in [-0.05, 0) is 6.92 Å². The first-order valence-electron chi connectivity index (χ1n) is 3.46. The van der Waals surface area contributed by atoms with Crippen molar-refractivity contribution in [2.24, 2.45) is 0 Å². The monoisotopic (exact) mass is 159 g/mol. The summed E-state index contributed by atoms with van der Waals surface area (Å²) in [4.78, 5) is 0. The van der Waals surface area contributed by atoms with Gasteiger partial charge in [0.05, 0.1) is 0 Å². The van der Waals surface area contributed by atoms with Gasteiger partial charge in [-0.15, -0.1) is 0 Å². The van der Waals surface area contributed by atoms with E-state index in [0.29, 0.717) is 0 Å². The summed E-state index contributed by atoms with van der Waals surface area (Å²) in [6, 6.07) is 0. The van der Waals surface area contributed by atoms with E-state index in [-0.39, 0.29) is 0 Å². The molecule has 1 aliphatic heterocycles. The maximum atomic E-state index is 11.5. The zero-order valence-corrected chi connectivity index (χ0v) is 7.69. The lowest BCUT2D eigenvalue weighted by atomic mass is 10.3. The Labute approximate surface area is 62.3 Å². The van der Waals surface area contributed by atoms with E-state index in [1.54, 1.807) is 0 Å². The van der Waals surface area contributed by atoms with Gasteiger partial charge in [0, 0.05) is 26.4 Å². The van der Waals surface area contributed by atoms with Crippen molar-refractivity contribution < 1.29 is 4.57 Å². The van der Waals surface area contributed by atoms with Crippen molar-refractivity contribution in [3.05, 3.63) is 11.6 Å². The second-order valence-corrected chi connectivity index (χ2v) is 6.35. The Balaban J connectivity index is 2.59. The van der Waals surface area contributed by atoms with Crippen LogP contribution in [0.1, 0.15) is 6.92 Å². The van der Waals surface area contributed by atoms with Crippen molar-refractivity contribution in [3.63, 3.8) is 0 Å². The van der Waals surface area contributed by atoms with Gasteiger partial charge < -0.3 is 4.57 Å². The standard InChI is InChI=1S/C7H14NOP/c1-7-4-5-8(6-7)10(2,3)9/h4H,5-6H2,1-3H3. The normalized spacial score (nSPS) is 21.3. The van der Waals surface area contributed by atoms with Gasteiger partial charge in [-0.2, -0.15) is 0 Å². The third-order valence-electron chi connectivity index (χ3n) is 1.76. The summed E-state index contributed by atoms with van der Waals surface area (Å²) < 4.78 is 13.5. The Morgan fingerprint density at radius 1 is 1.60 bits per heavy atom. The molecule has 0 amide bonds. The zero-order valence-electron chi connectivity index (χ0n) is 6.79. The lowest BCUT2D eigenvalue weighted by Gasteiger charge is -2.20. The lowest BCUT2D eigenvalue weighted by molar-refractivity contribution is 0.491.